The predicted octanol–water partition coefficient (Wildman–Crippen LogP) is 5.79. The van der Waals surface area contributed by atoms with Crippen molar-refractivity contribution >= 4 is 33.1 Å². The molecule has 1 fully saturated rings. The number of aliphatic hydroxyl groups is 1. The number of hydrogen-bond donors (Lipinski definition) is 2. The number of furan rings is 1. The normalized spacial score (nSPS) is 18.8. The number of carbonyl (C=O) groups is 1. The highest BCUT2D eigenvalue weighted by Gasteiger charge is 2.42. The first-order valence-electron chi connectivity index (χ1n) is 16.3. The Morgan fingerprint density at radius 2 is 1.82 bits per heavy atom. The summed E-state index contributed by atoms with van der Waals surface area (Å²) in [4.78, 5) is 34.4. The molecule has 12 nitrogen and oxygen atoms in total. The number of sulfonamides is 1. The van der Waals surface area contributed by atoms with Crippen LogP contribution in [0.2, 0.25) is 0 Å². The van der Waals surface area contributed by atoms with Gasteiger partial charge in [0.1, 0.15) is 17.9 Å². The largest absolute Gasteiger partial charge is 0.475 e. The van der Waals surface area contributed by atoms with Crippen LogP contribution in [0.15, 0.2) is 70.1 Å². The van der Waals surface area contributed by atoms with E-state index in [1.165, 1.54) is 12.1 Å². The summed E-state index contributed by atoms with van der Waals surface area (Å²) in [5, 5.41) is 9.61. The van der Waals surface area contributed by atoms with Crippen molar-refractivity contribution in [3.05, 3.63) is 88.9 Å². The summed E-state index contributed by atoms with van der Waals surface area (Å²) >= 11 is 0. The van der Waals surface area contributed by atoms with Crippen molar-refractivity contribution in [2.45, 2.75) is 70.4 Å². The van der Waals surface area contributed by atoms with Crippen LogP contribution < -0.4 is 9.46 Å². The van der Waals surface area contributed by atoms with Gasteiger partial charge < -0.3 is 19.2 Å². The highest BCUT2D eigenvalue weighted by atomic mass is 32.2. The number of hydrogen-bond acceptors (Lipinski definition) is 10. The molecular weight excluding hydrogens is 644 g/mol. The summed E-state index contributed by atoms with van der Waals surface area (Å²) in [6.07, 6.45) is 4.26. The Labute approximate surface area is 284 Å². The van der Waals surface area contributed by atoms with Crippen molar-refractivity contribution in [3.8, 4) is 17.1 Å². The molecule has 0 saturated heterocycles. The lowest BCUT2D eigenvalue weighted by Crippen LogP contribution is -2.44. The molecular formula is C36H38N6O6S. The lowest BCUT2D eigenvalue weighted by Gasteiger charge is -2.33. The molecule has 4 bridgehead atoms. The third-order valence-corrected chi connectivity index (χ3v) is 10.7. The number of aliphatic hydroxyl groups excluding tert-OH is 1. The first-order chi connectivity index (χ1) is 23.4. The molecule has 1 aliphatic carbocycles. The summed E-state index contributed by atoms with van der Waals surface area (Å²) in [5.41, 5.74) is 4.89. The molecule has 2 aromatic carbocycles. The highest BCUT2D eigenvalue weighted by molar-refractivity contribution is 7.92. The summed E-state index contributed by atoms with van der Waals surface area (Å²) in [6, 6.07) is 14.9. The fraction of sp³-hybridized carbons (Fsp3) is 0.361. The molecule has 2 N–H and O–H groups in total. The second kappa shape index (κ2) is 12.5. The predicted molar refractivity (Wildman–Crippen MR) is 183 cm³/mol. The molecule has 2 aliphatic rings. The van der Waals surface area contributed by atoms with Crippen LogP contribution in [0.4, 0.5) is 5.95 Å². The molecule has 0 radical (unpaired) electrons. The monoisotopic (exact) mass is 682 g/mol. The number of fused-ring (bicyclic) bond motifs is 5. The third kappa shape index (κ3) is 6.73. The molecule has 3 aromatic heterocycles. The van der Waals surface area contributed by atoms with E-state index < -0.39 is 16.1 Å². The van der Waals surface area contributed by atoms with E-state index in [0.717, 1.165) is 29.5 Å². The van der Waals surface area contributed by atoms with Crippen LogP contribution in [-0.4, -0.2) is 63.5 Å². The molecule has 7 rings (SSSR count). The number of amides is 1. The van der Waals surface area contributed by atoms with Gasteiger partial charge in [0.05, 0.1) is 41.7 Å². The molecule has 5 aromatic rings. The quantitative estimate of drug-likeness (QED) is 0.215. The van der Waals surface area contributed by atoms with Gasteiger partial charge in [0.25, 0.3) is 15.9 Å². The minimum atomic E-state index is -4.19. The fourth-order valence-electron chi connectivity index (χ4n) is 6.29. The zero-order valence-electron chi connectivity index (χ0n) is 27.8. The summed E-state index contributed by atoms with van der Waals surface area (Å²) < 4.78 is 42.1. The number of benzene rings is 2. The van der Waals surface area contributed by atoms with Gasteiger partial charge in [-0.05, 0) is 67.9 Å². The van der Waals surface area contributed by atoms with Gasteiger partial charge >= 0.3 is 0 Å². The molecule has 4 heterocycles. The van der Waals surface area contributed by atoms with E-state index in [4.69, 9.17) is 14.1 Å². The maximum atomic E-state index is 14.5. The first kappa shape index (κ1) is 32.7. The summed E-state index contributed by atoms with van der Waals surface area (Å²) in [6.45, 7) is 8.06. The molecule has 2 atom stereocenters. The Kier molecular flexibility index (Phi) is 8.35. The summed E-state index contributed by atoms with van der Waals surface area (Å²) in [5.74, 6) is 0.0210. The average Bonchev–Trinajstić information content (AvgIpc) is 3.65. The van der Waals surface area contributed by atoms with E-state index in [1.807, 2.05) is 39.0 Å². The third-order valence-electron chi connectivity index (χ3n) is 9.41. The Hall–Kier alpha value is -4.88. The van der Waals surface area contributed by atoms with E-state index in [0.29, 0.717) is 34.8 Å². The van der Waals surface area contributed by atoms with Crippen LogP contribution in [0.5, 0.6) is 5.88 Å². The number of nitrogens with one attached hydrogen (secondary N) is 1. The smallest absolute Gasteiger partial charge is 0.264 e. The van der Waals surface area contributed by atoms with Gasteiger partial charge in [-0.3, -0.25) is 4.79 Å². The molecule has 0 spiro atoms. The van der Waals surface area contributed by atoms with Crippen molar-refractivity contribution < 1.29 is 27.5 Å². The maximum Gasteiger partial charge on any atom is 0.264 e. The van der Waals surface area contributed by atoms with Gasteiger partial charge in [-0.15, -0.1) is 0 Å². The Balaban J connectivity index is 1.34. The number of aryl methyl sites for hydroxylation is 2. The van der Waals surface area contributed by atoms with Gasteiger partial charge in [-0.25, -0.2) is 28.1 Å². The van der Waals surface area contributed by atoms with Gasteiger partial charge in [0.15, 0.2) is 0 Å². The average molecular weight is 683 g/mol. The van der Waals surface area contributed by atoms with E-state index in [2.05, 4.69) is 26.6 Å². The van der Waals surface area contributed by atoms with Crippen molar-refractivity contribution in [1.29, 1.82) is 0 Å². The van der Waals surface area contributed by atoms with Crippen molar-refractivity contribution in [2.75, 3.05) is 17.9 Å². The van der Waals surface area contributed by atoms with Crippen LogP contribution >= 0.6 is 0 Å². The molecule has 49 heavy (non-hydrogen) atoms. The van der Waals surface area contributed by atoms with Crippen molar-refractivity contribution in [3.63, 3.8) is 0 Å². The van der Waals surface area contributed by atoms with Crippen molar-refractivity contribution in [1.82, 2.24) is 24.8 Å². The topological polar surface area (TPSA) is 161 Å². The molecule has 1 saturated carbocycles. The zero-order valence-corrected chi connectivity index (χ0v) is 28.6. The van der Waals surface area contributed by atoms with Gasteiger partial charge in [0.2, 0.25) is 17.5 Å². The lowest BCUT2D eigenvalue weighted by atomic mass is 9.97. The van der Waals surface area contributed by atoms with Crippen LogP contribution in [0.1, 0.15) is 72.0 Å². The van der Waals surface area contributed by atoms with E-state index in [1.54, 1.807) is 35.4 Å². The fourth-order valence-corrected chi connectivity index (χ4v) is 7.28. The number of nitrogens with zero attached hydrogens (tertiary/aromatic N) is 5. The molecule has 0 unspecified atom stereocenters. The second-order valence-electron chi connectivity index (χ2n) is 13.5. The van der Waals surface area contributed by atoms with Crippen LogP contribution in [0.25, 0.3) is 22.5 Å². The number of rotatable bonds is 7. The van der Waals surface area contributed by atoms with Crippen LogP contribution in [0, 0.1) is 19.3 Å². The number of aromatic nitrogens is 4. The summed E-state index contributed by atoms with van der Waals surface area (Å²) in [7, 11) is -4.19. The number of ether oxygens (including phenoxy) is 1. The molecule has 1 aliphatic heterocycles. The van der Waals surface area contributed by atoms with E-state index >= 15 is 0 Å². The molecule has 1 amide bonds. The number of carbonyl (C=O) groups excluding carboxylic acids is 1. The second-order valence-corrected chi connectivity index (χ2v) is 15.2. The SMILES string of the molecule is Cc1cccc(C)c1-c1cc2nc(n1)NS(=O)(=O)c1cccc(c1)C(=O)N(Cc1cnc3oc([C@H](C)CO)cc3n1)[C@H](CC1(C)CC1)CO2. The lowest BCUT2D eigenvalue weighted by molar-refractivity contribution is 0.0537. The number of anilines is 1. The zero-order chi connectivity index (χ0) is 34.5. The van der Waals surface area contributed by atoms with E-state index in [9.17, 15) is 18.3 Å². The van der Waals surface area contributed by atoms with Gasteiger partial charge in [-0.1, -0.05) is 38.1 Å². The standard InChI is InChI=1S/C36H38N6O6S/c1-21-7-5-8-22(2)32(21)28-15-31-40-35(39-28)41-49(45,46)27-10-6-9-24(13-27)34(44)42(26(20-47-31)16-36(4)11-12-36)18-25-17-37-33-29(38-25)14-30(48-33)23(3)19-43/h5-10,13-15,17,23,26,43H,11-12,16,18-20H2,1-4H3,(H,39,40,41)/t23-,26-/m1/s1. The van der Waals surface area contributed by atoms with Crippen LogP contribution in [0.3, 0.4) is 0 Å². The van der Waals surface area contributed by atoms with E-state index in [-0.39, 0.29) is 59.3 Å². The Bertz CT molecular complexity index is 2160. The molecule has 13 heteroatoms. The molecule has 254 valence electrons. The minimum absolute atomic E-state index is 0.0169. The first-order valence-corrected chi connectivity index (χ1v) is 17.8. The van der Waals surface area contributed by atoms with Gasteiger partial charge in [-0.2, -0.15) is 4.98 Å². The highest BCUT2D eigenvalue weighted by Crippen LogP contribution is 2.49. The van der Waals surface area contributed by atoms with Gasteiger partial charge in [0, 0.05) is 29.2 Å². The Morgan fingerprint density at radius 3 is 2.55 bits per heavy atom. The minimum Gasteiger partial charge on any atom is -0.475 e. The maximum absolute atomic E-state index is 14.5. The van der Waals surface area contributed by atoms with Crippen LogP contribution in [-0.2, 0) is 16.6 Å². The Morgan fingerprint density at radius 1 is 1.06 bits per heavy atom. The van der Waals surface area contributed by atoms with Crippen molar-refractivity contribution in [2.24, 2.45) is 5.41 Å².